The molecule has 0 saturated carbocycles. The Hall–Kier alpha value is -3.35. The highest BCUT2D eigenvalue weighted by molar-refractivity contribution is 6.07. The third-order valence-electron chi connectivity index (χ3n) is 3.61. The third kappa shape index (κ3) is 2.45. The summed E-state index contributed by atoms with van der Waals surface area (Å²) in [6.45, 7) is 0. The summed E-state index contributed by atoms with van der Waals surface area (Å²) in [6, 6.07) is 11.4. The summed E-state index contributed by atoms with van der Waals surface area (Å²) in [7, 11) is 2.97. The van der Waals surface area contributed by atoms with Gasteiger partial charge in [0.2, 0.25) is 0 Å². The quantitative estimate of drug-likeness (QED) is 0.792. The van der Waals surface area contributed by atoms with E-state index in [1.165, 1.54) is 20.3 Å². The zero-order chi connectivity index (χ0) is 17.3. The van der Waals surface area contributed by atoms with Crippen LogP contribution in [0.25, 0.3) is 10.9 Å². The molecule has 0 saturated heterocycles. The number of para-hydroxylation sites is 1. The number of benzene rings is 2. The van der Waals surface area contributed by atoms with Gasteiger partial charge in [-0.05, 0) is 24.3 Å². The van der Waals surface area contributed by atoms with Crippen molar-refractivity contribution in [1.82, 2.24) is 9.78 Å². The van der Waals surface area contributed by atoms with E-state index in [9.17, 15) is 14.7 Å². The van der Waals surface area contributed by atoms with Crippen molar-refractivity contribution in [3.8, 4) is 11.5 Å². The maximum Gasteiger partial charge on any atom is 0.357 e. The molecule has 0 fully saturated rings. The second-order valence-corrected chi connectivity index (χ2v) is 4.96. The van der Waals surface area contributed by atoms with Crippen LogP contribution in [0.5, 0.6) is 11.5 Å². The molecule has 0 amide bonds. The van der Waals surface area contributed by atoms with E-state index in [-0.39, 0.29) is 5.69 Å². The molecule has 0 atom stereocenters. The molecule has 0 aliphatic carbocycles. The van der Waals surface area contributed by atoms with Gasteiger partial charge in [-0.25, -0.2) is 4.79 Å². The van der Waals surface area contributed by atoms with Crippen molar-refractivity contribution >= 4 is 22.8 Å². The van der Waals surface area contributed by atoms with Gasteiger partial charge in [-0.1, -0.05) is 18.2 Å². The number of ether oxygens (including phenoxy) is 2. The number of carboxylic acids is 1. The minimum atomic E-state index is -1.19. The predicted molar refractivity (Wildman–Crippen MR) is 86.0 cm³/mol. The molecule has 0 radical (unpaired) electrons. The lowest BCUT2D eigenvalue weighted by Crippen LogP contribution is -2.14. The minimum Gasteiger partial charge on any atom is -0.493 e. The van der Waals surface area contributed by atoms with Gasteiger partial charge in [-0.3, -0.25) is 4.79 Å². The number of fused-ring (bicyclic) bond motifs is 1. The SMILES string of the molecule is COc1ccc(C(=O)n2nc(C(=O)O)c3ccccc32)cc1OC. The van der Waals surface area contributed by atoms with Crippen molar-refractivity contribution < 1.29 is 24.2 Å². The molecule has 1 N–H and O–H groups in total. The number of hydrogen-bond donors (Lipinski definition) is 1. The van der Waals surface area contributed by atoms with Crippen LogP contribution in [0.3, 0.4) is 0 Å². The van der Waals surface area contributed by atoms with Gasteiger partial charge in [-0.2, -0.15) is 9.78 Å². The molecule has 1 aromatic heterocycles. The van der Waals surface area contributed by atoms with Gasteiger partial charge in [0.25, 0.3) is 5.91 Å². The molecule has 122 valence electrons. The molecule has 2 aromatic carbocycles. The number of carboxylic acid groups (broad SMARTS) is 1. The van der Waals surface area contributed by atoms with Gasteiger partial charge in [-0.15, -0.1) is 0 Å². The number of methoxy groups -OCH3 is 2. The van der Waals surface area contributed by atoms with Crippen LogP contribution in [-0.4, -0.2) is 41.0 Å². The van der Waals surface area contributed by atoms with Crippen LogP contribution in [-0.2, 0) is 0 Å². The second-order valence-electron chi connectivity index (χ2n) is 4.96. The van der Waals surface area contributed by atoms with Gasteiger partial charge in [0.1, 0.15) is 0 Å². The monoisotopic (exact) mass is 326 g/mol. The van der Waals surface area contributed by atoms with Crippen LogP contribution < -0.4 is 9.47 Å². The van der Waals surface area contributed by atoms with Crippen LogP contribution >= 0.6 is 0 Å². The maximum absolute atomic E-state index is 12.8. The Bertz CT molecular complexity index is 945. The predicted octanol–water partition coefficient (Wildman–Crippen LogP) is 2.44. The number of aromatic nitrogens is 2. The summed E-state index contributed by atoms with van der Waals surface area (Å²) in [6.07, 6.45) is 0. The molecule has 1 heterocycles. The van der Waals surface area contributed by atoms with Crippen LogP contribution in [0.4, 0.5) is 0 Å². The summed E-state index contributed by atoms with van der Waals surface area (Å²) in [4.78, 5) is 24.1. The van der Waals surface area contributed by atoms with E-state index in [1.54, 1.807) is 36.4 Å². The van der Waals surface area contributed by atoms with Crippen molar-refractivity contribution in [2.24, 2.45) is 0 Å². The maximum atomic E-state index is 12.8. The summed E-state index contributed by atoms with van der Waals surface area (Å²) in [5.74, 6) is -0.756. The minimum absolute atomic E-state index is 0.167. The van der Waals surface area contributed by atoms with Crippen LogP contribution in [0, 0.1) is 0 Å². The zero-order valence-electron chi connectivity index (χ0n) is 13.0. The first-order valence-corrected chi connectivity index (χ1v) is 7.04. The first kappa shape index (κ1) is 15.5. The molecule has 24 heavy (non-hydrogen) atoms. The normalized spacial score (nSPS) is 10.6. The van der Waals surface area contributed by atoms with Crippen molar-refractivity contribution in [1.29, 1.82) is 0 Å². The van der Waals surface area contributed by atoms with E-state index in [4.69, 9.17) is 9.47 Å². The molecular weight excluding hydrogens is 312 g/mol. The van der Waals surface area contributed by atoms with E-state index in [0.717, 1.165) is 4.68 Å². The number of hydrogen-bond acceptors (Lipinski definition) is 5. The summed E-state index contributed by atoms with van der Waals surface area (Å²) >= 11 is 0. The molecule has 0 aliphatic rings. The van der Waals surface area contributed by atoms with E-state index in [2.05, 4.69) is 5.10 Å². The molecule has 0 aliphatic heterocycles. The van der Waals surface area contributed by atoms with Gasteiger partial charge in [0.05, 0.1) is 19.7 Å². The molecule has 3 aromatic rings. The fourth-order valence-electron chi connectivity index (χ4n) is 2.47. The smallest absolute Gasteiger partial charge is 0.357 e. The highest BCUT2D eigenvalue weighted by atomic mass is 16.5. The number of carbonyl (C=O) groups is 2. The Balaban J connectivity index is 2.14. The molecule has 7 heteroatoms. The van der Waals surface area contributed by atoms with E-state index < -0.39 is 11.9 Å². The third-order valence-corrected chi connectivity index (χ3v) is 3.61. The van der Waals surface area contributed by atoms with Gasteiger partial charge in [0, 0.05) is 10.9 Å². The lowest BCUT2D eigenvalue weighted by Gasteiger charge is -2.09. The Labute approximate surface area is 137 Å². The highest BCUT2D eigenvalue weighted by Gasteiger charge is 2.21. The standard InChI is InChI=1S/C17H14N2O5/c1-23-13-8-7-10(9-14(13)24-2)16(20)19-12-6-4-3-5-11(12)15(18-19)17(21)22/h3-9H,1-2H3,(H,21,22). The van der Waals surface area contributed by atoms with Crippen molar-refractivity contribution in [2.45, 2.75) is 0 Å². The Kier molecular flexibility index (Phi) is 3.91. The van der Waals surface area contributed by atoms with Crippen molar-refractivity contribution in [3.05, 3.63) is 53.7 Å². The number of nitrogens with zero attached hydrogens (tertiary/aromatic N) is 2. The number of rotatable bonds is 4. The van der Waals surface area contributed by atoms with Gasteiger partial charge < -0.3 is 14.6 Å². The van der Waals surface area contributed by atoms with Crippen molar-refractivity contribution in [3.63, 3.8) is 0 Å². The first-order chi connectivity index (χ1) is 11.6. The number of carbonyl (C=O) groups excluding carboxylic acids is 1. The van der Waals surface area contributed by atoms with Crippen molar-refractivity contribution in [2.75, 3.05) is 14.2 Å². The Morgan fingerprint density at radius 2 is 1.75 bits per heavy atom. The highest BCUT2D eigenvalue weighted by Crippen LogP contribution is 2.28. The topological polar surface area (TPSA) is 90.7 Å². The van der Waals surface area contributed by atoms with Gasteiger partial charge >= 0.3 is 5.97 Å². The molecule has 0 spiro atoms. The van der Waals surface area contributed by atoms with E-state index in [0.29, 0.717) is 28.0 Å². The van der Waals surface area contributed by atoms with Crippen LogP contribution in [0.1, 0.15) is 20.8 Å². The van der Waals surface area contributed by atoms with E-state index >= 15 is 0 Å². The lowest BCUT2D eigenvalue weighted by molar-refractivity contribution is 0.0691. The molecule has 7 nitrogen and oxygen atoms in total. The summed E-state index contributed by atoms with van der Waals surface area (Å²) in [5.41, 5.74) is 0.562. The molecule has 0 unspecified atom stereocenters. The largest absolute Gasteiger partial charge is 0.493 e. The molecule has 0 bridgehead atoms. The van der Waals surface area contributed by atoms with Gasteiger partial charge in [0.15, 0.2) is 17.2 Å². The van der Waals surface area contributed by atoms with E-state index in [1.807, 2.05) is 0 Å². The first-order valence-electron chi connectivity index (χ1n) is 7.04. The number of aromatic carboxylic acids is 1. The average Bonchev–Trinajstić information content (AvgIpc) is 3.00. The van der Waals surface area contributed by atoms with Crippen LogP contribution in [0.15, 0.2) is 42.5 Å². The fourth-order valence-corrected chi connectivity index (χ4v) is 2.47. The van der Waals surface area contributed by atoms with Crippen LogP contribution in [0.2, 0.25) is 0 Å². The lowest BCUT2D eigenvalue weighted by atomic mass is 10.1. The Morgan fingerprint density at radius 3 is 2.42 bits per heavy atom. The summed E-state index contributed by atoms with van der Waals surface area (Å²) in [5, 5.41) is 13.6. The average molecular weight is 326 g/mol. The zero-order valence-corrected chi connectivity index (χ0v) is 13.0. The summed E-state index contributed by atoms with van der Waals surface area (Å²) < 4.78 is 11.4. The molecular formula is C17H14N2O5. The Morgan fingerprint density at radius 1 is 1.04 bits per heavy atom. The fraction of sp³-hybridized carbons (Fsp3) is 0.118. The second kappa shape index (κ2) is 6.04. The molecule has 3 rings (SSSR count).